The molecule has 0 aliphatic rings. The molecule has 1 aromatic heterocycles. The quantitative estimate of drug-likeness (QED) is 0.382. The minimum Gasteiger partial charge on any atom is -0.324 e. The van der Waals surface area contributed by atoms with Crippen LogP contribution in [0.1, 0.15) is 34.7 Å². The monoisotopic (exact) mass is 465 g/mol. The maximum atomic E-state index is 13.5. The number of fused-ring (bicyclic) bond motifs is 1. The van der Waals surface area contributed by atoms with Gasteiger partial charge in [-0.25, -0.2) is 4.98 Å². The normalized spacial score (nSPS) is 12.0. The van der Waals surface area contributed by atoms with Gasteiger partial charge in [-0.3, -0.25) is 14.2 Å². The molecule has 3 aromatic carbocycles. The molecule has 1 amide bonds. The summed E-state index contributed by atoms with van der Waals surface area (Å²) in [5.41, 5.74) is 1.81. The first-order valence-corrected chi connectivity index (χ1v) is 10.9. The zero-order chi connectivity index (χ0) is 22.8. The van der Waals surface area contributed by atoms with E-state index in [0.29, 0.717) is 38.9 Å². The van der Waals surface area contributed by atoms with E-state index in [2.05, 4.69) is 0 Å². The van der Waals surface area contributed by atoms with Crippen molar-refractivity contribution in [3.63, 3.8) is 0 Å². The highest BCUT2D eigenvalue weighted by Crippen LogP contribution is 2.25. The van der Waals surface area contributed by atoms with Crippen molar-refractivity contribution in [2.45, 2.75) is 19.5 Å². The Morgan fingerprint density at radius 3 is 2.34 bits per heavy atom. The van der Waals surface area contributed by atoms with Crippen LogP contribution >= 0.6 is 23.2 Å². The Kier molecular flexibility index (Phi) is 6.31. The highest BCUT2D eigenvalue weighted by molar-refractivity contribution is 6.31. The summed E-state index contributed by atoms with van der Waals surface area (Å²) in [5.74, 6) is 0.312. The number of nitrogens with zero attached hydrogens (tertiary/aromatic N) is 3. The lowest BCUT2D eigenvalue weighted by Crippen LogP contribution is -2.36. The van der Waals surface area contributed by atoms with Gasteiger partial charge >= 0.3 is 0 Å². The van der Waals surface area contributed by atoms with Crippen LogP contribution in [0.5, 0.6) is 0 Å². The Morgan fingerprint density at radius 1 is 1.00 bits per heavy atom. The summed E-state index contributed by atoms with van der Waals surface area (Å²) in [6.45, 7) is 2.23. The summed E-state index contributed by atoms with van der Waals surface area (Å²) in [4.78, 5) is 33.0. The van der Waals surface area contributed by atoms with Crippen molar-refractivity contribution in [2.24, 2.45) is 7.05 Å². The molecule has 0 aliphatic heterocycles. The molecule has 162 valence electrons. The molecule has 1 atom stereocenters. The van der Waals surface area contributed by atoms with Crippen LogP contribution in [0.25, 0.3) is 10.9 Å². The van der Waals surface area contributed by atoms with E-state index in [1.54, 1.807) is 54.4 Å². The summed E-state index contributed by atoms with van der Waals surface area (Å²) >= 11 is 12.1. The third-order valence-corrected chi connectivity index (χ3v) is 5.95. The Balaban J connectivity index is 1.80. The van der Waals surface area contributed by atoms with Gasteiger partial charge in [0.05, 0.1) is 16.9 Å². The maximum Gasteiger partial charge on any atom is 0.261 e. The van der Waals surface area contributed by atoms with Gasteiger partial charge in [0.15, 0.2) is 0 Å². The first-order valence-electron chi connectivity index (χ1n) is 10.1. The van der Waals surface area contributed by atoms with Crippen molar-refractivity contribution in [1.82, 2.24) is 14.5 Å². The van der Waals surface area contributed by atoms with E-state index in [-0.39, 0.29) is 11.5 Å². The summed E-state index contributed by atoms with van der Waals surface area (Å²) < 4.78 is 1.48. The molecular formula is C25H21Cl2N3O2. The molecule has 0 spiro atoms. The van der Waals surface area contributed by atoms with E-state index in [4.69, 9.17) is 28.2 Å². The molecule has 1 unspecified atom stereocenters. The minimum absolute atomic E-state index is 0.177. The summed E-state index contributed by atoms with van der Waals surface area (Å²) in [6.07, 6.45) is 0. The van der Waals surface area contributed by atoms with Crippen molar-refractivity contribution >= 4 is 40.0 Å². The van der Waals surface area contributed by atoms with Crippen molar-refractivity contribution in [1.29, 1.82) is 0 Å². The first kappa shape index (κ1) is 22.1. The van der Waals surface area contributed by atoms with E-state index >= 15 is 0 Å². The lowest BCUT2D eigenvalue weighted by Gasteiger charge is -2.30. The van der Waals surface area contributed by atoms with Crippen molar-refractivity contribution < 1.29 is 4.79 Å². The zero-order valence-corrected chi connectivity index (χ0v) is 19.1. The molecule has 32 heavy (non-hydrogen) atoms. The molecule has 0 bridgehead atoms. The summed E-state index contributed by atoms with van der Waals surface area (Å²) in [5, 5.41) is 1.47. The smallest absolute Gasteiger partial charge is 0.261 e. The number of rotatable bonds is 5. The van der Waals surface area contributed by atoms with Gasteiger partial charge < -0.3 is 4.90 Å². The lowest BCUT2D eigenvalue weighted by atomic mass is 10.1. The van der Waals surface area contributed by atoms with E-state index in [9.17, 15) is 9.59 Å². The predicted octanol–water partition coefficient (Wildman–Crippen LogP) is 5.64. The highest BCUT2D eigenvalue weighted by atomic mass is 35.5. The zero-order valence-electron chi connectivity index (χ0n) is 17.6. The topological polar surface area (TPSA) is 55.2 Å². The fourth-order valence-corrected chi connectivity index (χ4v) is 3.99. The second kappa shape index (κ2) is 9.15. The molecule has 7 heteroatoms. The second-order valence-electron chi connectivity index (χ2n) is 7.60. The largest absolute Gasteiger partial charge is 0.324 e. The van der Waals surface area contributed by atoms with Crippen LogP contribution in [0.2, 0.25) is 10.0 Å². The molecule has 1 heterocycles. The lowest BCUT2D eigenvalue weighted by molar-refractivity contribution is 0.0663. The van der Waals surface area contributed by atoms with E-state index in [1.165, 1.54) is 4.57 Å². The average molecular weight is 466 g/mol. The number of aromatic nitrogens is 2. The van der Waals surface area contributed by atoms with Gasteiger partial charge in [0.25, 0.3) is 11.5 Å². The van der Waals surface area contributed by atoms with Crippen LogP contribution in [-0.2, 0) is 13.6 Å². The first-order chi connectivity index (χ1) is 15.3. The Labute approximate surface area is 195 Å². The van der Waals surface area contributed by atoms with Crippen LogP contribution in [-0.4, -0.2) is 20.4 Å². The van der Waals surface area contributed by atoms with Crippen LogP contribution in [0.4, 0.5) is 0 Å². The van der Waals surface area contributed by atoms with Crippen LogP contribution in [0, 0.1) is 0 Å². The fourth-order valence-electron chi connectivity index (χ4n) is 3.70. The van der Waals surface area contributed by atoms with E-state index < -0.39 is 6.04 Å². The molecule has 0 saturated carbocycles. The van der Waals surface area contributed by atoms with Gasteiger partial charge in [0.2, 0.25) is 0 Å². The number of amides is 1. The second-order valence-corrected chi connectivity index (χ2v) is 8.47. The molecule has 5 nitrogen and oxygen atoms in total. The van der Waals surface area contributed by atoms with Gasteiger partial charge in [-0.1, -0.05) is 53.5 Å². The van der Waals surface area contributed by atoms with Crippen LogP contribution < -0.4 is 5.56 Å². The van der Waals surface area contributed by atoms with Gasteiger partial charge in [-0.05, 0) is 55.0 Å². The molecule has 0 fully saturated rings. The number of hydrogen-bond donors (Lipinski definition) is 0. The molecule has 0 saturated heterocycles. The summed E-state index contributed by atoms with van der Waals surface area (Å²) in [6, 6.07) is 21.0. The van der Waals surface area contributed by atoms with Gasteiger partial charge in [-0.2, -0.15) is 0 Å². The molecular weight excluding hydrogens is 445 g/mol. The van der Waals surface area contributed by atoms with Crippen LogP contribution in [0.15, 0.2) is 77.6 Å². The van der Waals surface area contributed by atoms with Crippen molar-refractivity contribution in [3.05, 3.63) is 110 Å². The fraction of sp³-hybridized carbons (Fsp3) is 0.160. The number of hydrogen-bond acceptors (Lipinski definition) is 3. The molecule has 0 aliphatic carbocycles. The number of benzene rings is 3. The van der Waals surface area contributed by atoms with Crippen molar-refractivity contribution in [3.8, 4) is 0 Å². The third kappa shape index (κ3) is 4.40. The highest BCUT2D eigenvalue weighted by Gasteiger charge is 2.26. The summed E-state index contributed by atoms with van der Waals surface area (Å²) in [7, 11) is 1.66. The Bertz CT molecular complexity index is 1340. The molecule has 0 radical (unpaired) electrons. The maximum absolute atomic E-state index is 13.5. The van der Waals surface area contributed by atoms with Gasteiger partial charge in [0.1, 0.15) is 5.82 Å². The minimum atomic E-state index is -0.476. The SMILES string of the molecule is CC(c1nc2ccc(Cl)cc2c(=O)n1C)N(Cc1ccccc1)C(=O)c1ccc(Cl)cc1. The van der Waals surface area contributed by atoms with Gasteiger partial charge in [0, 0.05) is 29.2 Å². The van der Waals surface area contributed by atoms with Crippen LogP contribution in [0.3, 0.4) is 0 Å². The average Bonchev–Trinajstić information content (AvgIpc) is 2.80. The predicted molar refractivity (Wildman–Crippen MR) is 128 cm³/mol. The molecule has 4 rings (SSSR count). The van der Waals surface area contributed by atoms with Gasteiger partial charge in [-0.15, -0.1) is 0 Å². The van der Waals surface area contributed by atoms with E-state index in [0.717, 1.165) is 5.56 Å². The Hall–Kier alpha value is -3.15. The number of halogens is 2. The number of carbonyl (C=O) groups is 1. The standard InChI is InChI=1S/C25H21Cl2N3O2/c1-16(23-28-22-13-12-20(27)14-21(22)25(32)29(23)2)30(15-17-6-4-3-5-7-17)24(31)18-8-10-19(26)11-9-18/h3-14,16H,15H2,1-2H3. The molecule has 0 N–H and O–H groups in total. The Morgan fingerprint density at radius 2 is 1.66 bits per heavy atom. The molecule has 4 aromatic rings. The van der Waals surface area contributed by atoms with E-state index in [1.807, 2.05) is 37.3 Å². The third-order valence-electron chi connectivity index (χ3n) is 5.46. The number of carbonyl (C=O) groups excluding carboxylic acids is 1. The van der Waals surface area contributed by atoms with Crippen molar-refractivity contribution in [2.75, 3.05) is 0 Å².